The fourth-order valence-electron chi connectivity index (χ4n) is 3.16. The van der Waals surface area contributed by atoms with Gasteiger partial charge >= 0.3 is 5.97 Å². The summed E-state index contributed by atoms with van der Waals surface area (Å²) in [5.41, 5.74) is 1.81. The van der Waals surface area contributed by atoms with Crippen molar-refractivity contribution in [2.75, 3.05) is 11.9 Å². The topological polar surface area (TPSA) is 64.6 Å². The van der Waals surface area contributed by atoms with Crippen molar-refractivity contribution in [3.63, 3.8) is 0 Å². The Morgan fingerprint density at radius 3 is 2.89 bits per heavy atom. The van der Waals surface area contributed by atoms with Crippen molar-refractivity contribution in [1.29, 1.82) is 0 Å². The third kappa shape index (κ3) is 4.69. The van der Waals surface area contributed by atoms with Gasteiger partial charge in [-0.25, -0.2) is 4.79 Å². The summed E-state index contributed by atoms with van der Waals surface area (Å²) >= 11 is 1.49. The number of nitrogens with one attached hydrogen (secondary N) is 1. The summed E-state index contributed by atoms with van der Waals surface area (Å²) in [5, 5.41) is 2.77. The monoisotopic (exact) mass is 387 g/mol. The number of aryl methyl sites for hydroxylation is 1. The van der Waals surface area contributed by atoms with E-state index in [1.165, 1.54) is 21.8 Å². The van der Waals surface area contributed by atoms with Crippen molar-refractivity contribution in [2.24, 2.45) is 5.92 Å². The molecular weight excluding hydrogens is 362 g/mol. The average Bonchev–Trinajstić information content (AvgIpc) is 3.06. The number of carbonyl (C=O) groups is 2. The van der Waals surface area contributed by atoms with Crippen molar-refractivity contribution in [2.45, 2.75) is 46.1 Å². The highest BCUT2D eigenvalue weighted by Crippen LogP contribution is 2.32. The first kappa shape index (κ1) is 19.4. The standard InChI is InChI=1S/C21H25NO4S/c1-4-25-17-8-6-5-7-16(17)22-20(23)14(3)26-21(24)19-12-15-11-13(2)9-10-18(15)27-19/h5-8,12-14H,4,9-11H2,1-3H3,(H,22,23). The number of rotatable bonds is 6. The van der Waals surface area contributed by atoms with Crippen molar-refractivity contribution < 1.29 is 19.1 Å². The summed E-state index contributed by atoms with van der Waals surface area (Å²) < 4.78 is 10.9. The van der Waals surface area contributed by atoms with Crippen LogP contribution in [0.15, 0.2) is 30.3 Å². The molecule has 27 heavy (non-hydrogen) atoms. The molecule has 0 fully saturated rings. The van der Waals surface area contributed by atoms with Crippen molar-refractivity contribution >= 4 is 28.9 Å². The molecule has 3 rings (SSSR count). The van der Waals surface area contributed by atoms with Gasteiger partial charge in [0.15, 0.2) is 6.10 Å². The van der Waals surface area contributed by atoms with E-state index < -0.39 is 12.1 Å². The van der Waals surface area contributed by atoms with Crippen LogP contribution in [-0.4, -0.2) is 24.6 Å². The highest BCUT2D eigenvalue weighted by molar-refractivity contribution is 7.14. The van der Waals surface area contributed by atoms with Crippen LogP contribution in [0.4, 0.5) is 5.69 Å². The van der Waals surface area contributed by atoms with Crippen LogP contribution in [0.1, 0.15) is 47.3 Å². The van der Waals surface area contributed by atoms with Crippen LogP contribution in [0.2, 0.25) is 0 Å². The molecule has 0 radical (unpaired) electrons. The normalized spacial score (nSPS) is 16.9. The highest BCUT2D eigenvalue weighted by atomic mass is 32.1. The van der Waals surface area contributed by atoms with E-state index in [1.54, 1.807) is 19.1 Å². The fraction of sp³-hybridized carbons (Fsp3) is 0.429. The highest BCUT2D eigenvalue weighted by Gasteiger charge is 2.24. The van der Waals surface area contributed by atoms with Crippen LogP contribution >= 0.6 is 11.3 Å². The summed E-state index contributed by atoms with van der Waals surface area (Å²) in [5.74, 6) is 0.409. The zero-order valence-electron chi connectivity index (χ0n) is 15.9. The van der Waals surface area contributed by atoms with Gasteiger partial charge in [-0.15, -0.1) is 11.3 Å². The molecule has 0 saturated heterocycles. The molecule has 6 heteroatoms. The Balaban J connectivity index is 1.62. The van der Waals surface area contributed by atoms with Gasteiger partial charge < -0.3 is 14.8 Å². The van der Waals surface area contributed by atoms with E-state index in [1.807, 2.05) is 25.1 Å². The van der Waals surface area contributed by atoms with E-state index in [4.69, 9.17) is 9.47 Å². The average molecular weight is 388 g/mol. The van der Waals surface area contributed by atoms with E-state index in [-0.39, 0.29) is 5.91 Å². The molecule has 5 nitrogen and oxygen atoms in total. The molecule has 1 aliphatic rings. The zero-order valence-corrected chi connectivity index (χ0v) is 16.7. The Labute approximate surface area is 163 Å². The SMILES string of the molecule is CCOc1ccccc1NC(=O)C(C)OC(=O)c1cc2c(s1)CCC(C)C2. The number of hydrogen-bond acceptors (Lipinski definition) is 5. The second-order valence-electron chi connectivity index (χ2n) is 6.87. The van der Waals surface area contributed by atoms with Gasteiger partial charge in [-0.2, -0.15) is 0 Å². The molecule has 0 aliphatic heterocycles. The number of esters is 1. The first-order valence-electron chi connectivity index (χ1n) is 9.33. The summed E-state index contributed by atoms with van der Waals surface area (Å²) in [6.07, 6.45) is 2.27. The largest absolute Gasteiger partial charge is 0.492 e. The van der Waals surface area contributed by atoms with E-state index in [2.05, 4.69) is 12.2 Å². The van der Waals surface area contributed by atoms with Crippen LogP contribution in [0.5, 0.6) is 5.75 Å². The molecular formula is C21H25NO4S. The maximum absolute atomic E-state index is 12.5. The molecule has 0 spiro atoms. The Morgan fingerprint density at radius 1 is 1.33 bits per heavy atom. The van der Waals surface area contributed by atoms with Gasteiger partial charge in [0.25, 0.3) is 5.91 Å². The molecule has 2 atom stereocenters. The Bertz CT molecular complexity index is 829. The molecule has 0 saturated carbocycles. The number of hydrogen-bond donors (Lipinski definition) is 1. The lowest BCUT2D eigenvalue weighted by Crippen LogP contribution is -2.30. The maximum Gasteiger partial charge on any atom is 0.349 e. The summed E-state index contributed by atoms with van der Waals surface area (Å²) in [6, 6.07) is 9.11. The van der Waals surface area contributed by atoms with Gasteiger partial charge in [0.1, 0.15) is 10.6 Å². The van der Waals surface area contributed by atoms with E-state index in [9.17, 15) is 9.59 Å². The number of para-hydroxylation sites is 2. The minimum absolute atomic E-state index is 0.384. The lowest BCUT2D eigenvalue weighted by molar-refractivity contribution is -0.123. The predicted molar refractivity (Wildman–Crippen MR) is 107 cm³/mol. The summed E-state index contributed by atoms with van der Waals surface area (Å²) in [6.45, 7) is 6.18. The smallest absolute Gasteiger partial charge is 0.349 e. The molecule has 1 amide bonds. The van der Waals surface area contributed by atoms with E-state index in [0.717, 1.165) is 19.3 Å². The van der Waals surface area contributed by atoms with Gasteiger partial charge in [-0.05, 0) is 62.8 Å². The van der Waals surface area contributed by atoms with Crippen molar-refractivity contribution in [3.05, 3.63) is 45.6 Å². The Morgan fingerprint density at radius 2 is 2.11 bits per heavy atom. The molecule has 1 aromatic heterocycles. The first-order chi connectivity index (χ1) is 13.0. The first-order valence-corrected chi connectivity index (χ1v) is 10.1. The van der Waals surface area contributed by atoms with Gasteiger partial charge in [0.05, 0.1) is 12.3 Å². The maximum atomic E-state index is 12.5. The molecule has 1 heterocycles. The van der Waals surface area contributed by atoms with Crippen molar-refractivity contribution in [3.8, 4) is 5.75 Å². The number of thiophene rings is 1. The second-order valence-corrected chi connectivity index (χ2v) is 8.01. The van der Waals surface area contributed by atoms with Crippen LogP contribution in [0.3, 0.4) is 0 Å². The van der Waals surface area contributed by atoms with Crippen LogP contribution in [-0.2, 0) is 22.4 Å². The molecule has 2 unspecified atom stereocenters. The van der Waals surface area contributed by atoms with Gasteiger partial charge in [-0.3, -0.25) is 4.79 Å². The lowest BCUT2D eigenvalue weighted by Gasteiger charge is -2.16. The number of fused-ring (bicyclic) bond motifs is 1. The van der Waals surface area contributed by atoms with Gasteiger partial charge in [0, 0.05) is 4.88 Å². The fourth-order valence-corrected chi connectivity index (χ4v) is 4.26. The third-order valence-electron chi connectivity index (χ3n) is 4.63. The van der Waals surface area contributed by atoms with E-state index >= 15 is 0 Å². The van der Waals surface area contributed by atoms with Gasteiger partial charge in [0.2, 0.25) is 0 Å². The Hall–Kier alpha value is -2.34. The number of anilines is 1. The Kier molecular flexibility index (Phi) is 6.16. The van der Waals surface area contributed by atoms with Crippen LogP contribution in [0, 0.1) is 5.92 Å². The lowest BCUT2D eigenvalue weighted by atomic mass is 9.90. The number of benzene rings is 1. The van der Waals surface area contributed by atoms with Crippen LogP contribution in [0.25, 0.3) is 0 Å². The molecule has 1 N–H and O–H groups in total. The minimum Gasteiger partial charge on any atom is -0.492 e. The number of carbonyl (C=O) groups excluding carboxylic acids is 2. The molecule has 1 aliphatic carbocycles. The predicted octanol–water partition coefficient (Wildman–Crippen LogP) is 4.46. The molecule has 144 valence electrons. The quantitative estimate of drug-likeness (QED) is 0.744. The number of ether oxygens (including phenoxy) is 2. The van der Waals surface area contributed by atoms with Crippen molar-refractivity contribution in [1.82, 2.24) is 0 Å². The number of amides is 1. The summed E-state index contributed by atoms with van der Waals surface area (Å²) in [4.78, 5) is 26.7. The second kappa shape index (κ2) is 8.57. The van der Waals surface area contributed by atoms with Crippen LogP contribution < -0.4 is 10.1 Å². The molecule has 0 bridgehead atoms. The molecule has 2 aromatic rings. The van der Waals surface area contributed by atoms with Gasteiger partial charge in [-0.1, -0.05) is 19.1 Å². The minimum atomic E-state index is -0.898. The molecule has 1 aromatic carbocycles. The zero-order chi connectivity index (χ0) is 19.4. The van der Waals surface area contributed by atoms with E-state index in [0.29, 0.717) is 28.8 Å². The summed E-state index contributed by atoms with van der Waals surface area (Å²) in [7, 11) is 0. The third-order valence-corrected chi connectivity index (χ3v) is 5.85.